The van der Waals surface area contributed by atoms with Crippen LogP contribution in [0.3, 0.4) is 0 Å². The van der Waals surface area contributed by atoms with Crippen LogP contribution in [-0.2, 0) is 24.3 Å². The predicted octanol–water partition coefficient (Wildman–Crippen LogP) is 0.978. The minimum atomic E-state index is -4.00. The number of esters is 1. The van der Waals surface area contributed by atoms with Gasteiger partial charge in [-0.05, 0) is 51.8 Å². The van der Waals surface area contributed by atoms with Crippen LogP contribution in [-0.4, -0.2) is 65.3 Å². The van der Waals surface area contributed by atoms with Crippen LogP contribution in [0.4, 0.5) is 10.5 Å². The zero-order chi connectivity index (χ0) is 24.8. The zero-order valence-corrected chi connectivity index (χ0v) is 20.2. The molecule has 1 atom stereocenters. The first kappa shape index (κ1) is 26.4. The van der Waals surface area contributed by atoms with Gasteiger partial charge >= 0.3 is 12.1 Å². The van der Waals surface area contributed by atoms with Crippen LogP contribution in [0.5, 0.6) is 0 Å². The molecule has 12 heteroatoms. The van der Waals surface area contributed by atoms with Gasteiger partial charge in [-0.25, -0.2) is 23.1 Å². The first-order valence-electron chi connectivity index (χ1n) is 10.6. The number of alkyl carbamates (subject to hydrolysis) is 1. The van der Waals surface area contributed by atoms with E-state index in [-0.39, 0.29) is 35.4 Å². The van der Waals surface area contributed by atoms with E-state index in [0.29, 0.717) is 31.6 Å². The molecule has 1 unspecified atom stereocenters. The summed E-state index contributed by atoms with van der Waals surface area (Å²) in [5.41, 5.74) is -0.0703. The van der Waals surface area contributed by atoms with E-state index in [1.165, 1.54) is 25.3 Å². The smallest absolute Gasteiger partial charge is 0.407 e. The Morgan fingerprint density at radius 1 is 1.18 bits per heavy atom. The minimum Gasteiger partial charge on any atom is -0.465 e. The number of ether oxygens (including phenoxy) is 2. The molecule has 0 saturated carbocycles. The number of carbonyl (C=O) groups excluding carboxylic acids is 3. The van der Waals surface area contributed by atoms with Crippen LogP contribution >= 0.6 is 0 Å². The molecule has 0 aromatic heterocycles. The largest absolute Gasteiger partial charge is 0.465 e. The highest BCUT2D eigenvalue weighted by Crippen LogP contribution is 2.29. The van der Waals surface area contributed by atoms with Gasteiger partial charge in [-0.1, -0.05) is 0 Å². The molecule has 0 bridgehead atoms. The number of methoxy groups -OCH3 is 1. The summed E-state index contributed by atoms with van der Waals surface area (Å²) in [6.07, 6.45) is 0.801. The molecule has 1 heterocycles. The van der Waals surface area contributed by atoms with Gasteiger partial charge in [0.05, 0.1) is 29.2 Å². The maximum atomic E-state index is 12.6. The number of benzene rings is 1. The van der Waals surface area contributed by atoms with E-state index >= 15 is 0 Å². The van der Waals surface area contributed by atoms with Gasteiger partial charge in [-0.15, -0.1) is 0 Å². The van der Waals surface area contributed by atoms with Gasteiger partial charge in [0.25, 0.3) is 0 Å². The second-order valence-corrected chi connectivity index (χ2v) is 10.3. The number of piperidine rings is 1. The maximum Gasteiger partial charge on any atom is 0.407 e. The van der Waals surface area contributed by atoms with Crippen molar-refractivity contribution in [1.29, 1.82) is 0 Å². The molecule has 2 rings (SSSR count). The fraction of sp³-hybridized carbons (Fsp3) is 0.571. The summed E-state index contributed by atoms with van der Waals surface area (Å²) in [4.78, 5) is 38.2. The van der Waals surface area contributed by atoms with Crippen LogP contribution in [0.25, 0.3) is 0 Å². The Bertz CT molecular complexity index is 989. The molecule has 2 amide bonds. The molecule has 33 heavy (non-hydrogen) atoms. The van der Waals surface area contributed by atoms with Crippen molar-refractivity contribution < 1.29 is 32.3 Å². The van der Waals surface area contributed by atoms with E-state index in [4.69, 9.17) is 14.6 Å². The van der Waals surface area contributed by atoms with Crippen LogP contribution in [0.2, 0.25) is 0 Å². The molecule has 1 saturated heterocycles. The number of anilines is 1. The van der Waals surface area contributed by atoms with Crippen molar-refractivity contribution in [2.75, 3.05) is 38.2 Å². The number of amides is 2. The lowest BCUT2D eigenvalue weighted by atomic mass is 9.96. The SMILES string of the molecule is COC(=O)c1cc(S(N)(=O)=O)ccc1N1CCCC(C(=O)NCCNC(=O)OC(C)(C)C)C1. The standard InChI is InChI=1S/C21H32N4O7S/c1-21(2,3)32-20(28)24-10-9-23-18(26)14-6-5-11-25(13-14)17-8-7-15(33(22,29)30)12-16(17)19(27)31-4/h7-8,12,14H,5-6,9-11,13H2,1-4H3,(H,23,26)(H,24,28)(H2,22,29,30). The molecule has 184 valence electrons. The van der Waals surface area contributed by atoms with Crippen molar-refractivity contribution in [1.82, 2.24) is 10.6 Å². The van der Waals surface area contributed by atoms with Gasteiger partial charge in [0.2, 0.25) is 15.9 Å². The van der Waals surface area contributed by atoms with Crippen LogP contribution in [0, 0.1) is 5.92 Å². The highest BCUT2D eigenvalue weighted by molar-refractivity contribution is 7.89. The number of nitrogens with one attached hydrogen (secondary N) is 2. The topological polar surface area (TPSA) is 157 Å². The normalized spacial score (nSPS) is 16.6. The first-order chi connectivity index (χ1) is 15.3. The summed E-state index contributed by atoms with van der Waals surface area (Å²) in [7, 11) is -2.80. The molecular formula is C21H32N4O7S. The Hall–Kier alpha value is -2.86. The Balaban J connectivity index is 2.01. The molecule has 0 spiro atoms. The van der Waals surface area contributed by atoms with Gasteiger partial charge in [0.15, 0.2) is 0 Å². The van der Waals surface area contributed by atoms with E-state index in [9.17, 15) is 22.8 Å². The van der Waals surface area contributed by atoms with Gasteiger partial charge in [0.1, 0.15) is 5.60 Å². The lowest BCUT2D eigenvalue weighted by Crippen LogP contribution is -2.45. The maximum absolute atomic E-state index is 12.6. The average molecular weight is 485 g/mol. The summed E-state index contributed by atoms with van der Waals surface area (Å²) >= 11 is 0. The molecule has 1 aromatic rings. The second-order valence-electron chi connectivity index (χ2n) is 8.72. The van der Waals surface area contributed by atoms with E-state index in [1.54, 1.807) is 20.8 Å². The summed E-state index contributed by atoms with van der Waals surface area (Å²) in [6.45, 7) is 6.67. The van der Waals surface area contributed by atoms with Crippen molar-refractivity contribution in [2.24, 2.45) is 11.1 Å². The summed E-state index contributed by atoms with van der Waals surface area (Å²) in [5, 5.41) is 10.6. The van der Waals surface area contributed by atoms with Gasteiger partial charge in [0, 0.05) is 26.2 Å². The molecule has 1 aliphatic rings. The van der Waals surface area contributed by atoms with Crippen molar-refractivity contribution in [3.8, 4) is 0 Å². The Labute approximate surface area is 194 Å². The van der Waals surface area contributed by atoms with E-state index in [0.717, 1.165) is 0 Å². The zero-order valence-electron chi connectivity index (χ0n) is 19.3. The highest BCUT2D eigenvalue weighted by Gasteiger charge is 2.29. The second kappa shape index (κ2) is 10.8. The van der Waals surface area contributed by atoms with Crippen molar-refractivity contribution in [3.63, 3.8) is 0 Å². The number of sulfonamides is 1. The number of hydrogen-bond acceptors (Lipinski definition) is 8. The van der Waals surface area contributed by atoms with Gasteiger partial charge in [-0.3, -0.25) is 4.79 Å². The molecular weight excluding hydrogens is 452 g/mol. The summed E-state index contributed by atoms with van der Waals surface area (Å²) in [6, 6.07) is 4.00. The fourth-order valence-electron chi connectivity index (χ4n) is 3.46. The monoisotopic (exact) mass is 484 g/mol. The number of hydrogen-bond donors (Lipinski definition) is 3. The van der Waals surface area contributed by atoms with Gasteiger partial charge < -0.3 is 25.0 Å². The predicted molar refractivity (Wildman–Crippen MR) is 121 cm³/mol. The number of nitrogens with two attached hydrogens (primary N) is 1. The lowest BCUT2D eigenvalue weighted by Gasteiger charge is -2.34. The molecule has 11 nitrogen and oxygen atoms in total. The third kappa shape index (κ3) is 7.90. The summed E-state index contributed by atoms with van der Waals surface area (Å²) in [5.74, 6) is -1.22. The Morgan fingerprint density at radius 2 is 1.85 bits per heavy atom. The van der Waals surface area contributed by atoms with Crippen molar-refractivity contribution in [3.05, 3.63) is 23.8 Å². The van der Waals surface area contributed by atoms with Gasteiger partial charge in [-0.2, -0.15) is 0 Å². The average Bonchev–Trinajstić information content (AvgIpc) is 2.73. The highest BCUT2D eigenvalue weighted by atomic mass is 32.2. The minimum absolute atomic E-state index is 0.0617. The molecule has 0 radical (unpaired) electrons. The van der Waals surface area contributed by atoms with Crippen molar-refractivity contribution in [2.45, 2.75) is 44.1 Å². The lowest BCUT2D eigenvalue weighted by molar-refractivity contribution is -0.125. The first-order valence-corrected chi connectivity index (χ1v) is 12.1. The number of primary sulfonamides is 1. The fourth-order valence-corrected chi connectivity index (χ4v) is 4.00. The Kier molecular flexibility index (Phi) is 8.67. The third-order valence-electron chi connectivity index (χ3n) is 4.93. The molecule has 1 fully saturated rings. The van der Waals surface area contributed by atoms with E-state index in [2.05, 4.69) is 10.6 Å². The molecule has 1 aliphatic heterocycles. The third-order valence-corrected chi connectivity index (χ3v) is 5.84. The molecule has 0 aliphatic carbocycles. The van der Waals surface area contributed by atoms with Crippen LogP contribution in [0.1, 0.15) is 44.0 Å². The van der Waals surface area contributed by atoms with E-state index in [1.807, 2.05) is 4.90 Å². The number of rotatable bonds is 7. The van der Waals surface area contributed by atoms with E-state index < -0.39 is 27.7 Å². The molecule has 1 aromatic carbocycles. The Morgan fingerprint density at radius 3 is 2.45 bits per heavy atom. The van der Waals surface area contributed by atoms with Crippen LogP contribution in [0.15, 0.2) is 23.1 Å². The van der Waals surface area contributed by atoms with Crippen molar-refractivity contribution >= 4 is 33.7 Å². The molecule has 4 N–H and O–H groups in total. The summed E-state index contributed by atoms with van der Waals surface area (Å²) < 4.78 is 33.3. The van der Waals surface area contributed by atoms with Crippen LogP contribution < -0.4 is 20.7 Å². The number of nitrogens with zero attached hydrogens (tertiary/aromatic N) is 1. The quantitative estimate of drug-likeness (QED) is 0.382. The number of carbonyl (C=O) groups is 3.